The molecule has 0 saturated heterocycles. The molecule has 0 fully saturated rings. The Balaban J connectivity index is 2.86. The van der Waals surface area contributed by atoms with E-state index in [2.05, 4.69) is 63.8 Å². The van der Waals surface area contributed by atoms with Crippen LogP contribution >= 0.6 is 0 Å². The third kappa shape index (κ3) is 3.74. The topological polar surface area (TPSA) is 29.3 Å². The zero-order chi connectivity index (χ0) is 13.1. The maximum absolute atomic E-state index is 6.05. The Morgan fingerprint density at radius 1 is 1.35 bits per heavy atom. The highest BCUT2D eigenvalue weighted by Crippen LogP contribution is 2.24. The summed E-state index contributed by atoms with van der Waals surface area (Å²) < 4.78 is 0. The quantitative estimate of drug-likeness (QED) is 0.847. The lowest BCUT2D eigenvalue weighted by Gasteiger charge is -2.36. The minimum absolute atomic E-state index is 0.125. The number of nitrogens with two attached hydrogens (primary N) is 1. The lowest BCUT2D eigenvalue weighted by Crippen LogP contribution is -2.44. The van der Waals surface area contributed by atoms with Crippen LogP contribution in [0.3, 0.4) is 0 Å². The van der Waals surface area contributed by atoms with E-state index in [9.17, 15) is 0 Å². The molecule has 2 heteroatoms. The van der Waals surface area contributed by atoms with E-state index in [1.165, 1.54) is 11.3 Å². The lowest BCUT2D eigenvalue weighted by molar-refractivity contribution is 0.305. The van der Waals surface area contributed by atoms with Gasteiger partial charge in [-0.25, -0.2) is 0 Å². The van der Waals surface area contributed by atoms with Gasteiger partial charge in [-0.15, -0.1) is 0 Å². The molecule has 0 aliphatic carbocycles. The van der Waals surface area contributed by atoms with Crippen LogP contribution in [0, 0.1) is 12.3 Å². The molecule has 1 atom stereocenters. The summed E-state index contributed by atoms with van der Waals surface area (Å²) in [7, 11) is 0. The van der Waals surface area contributed by atoms with Crippen LogP contribution in [-0.2, 0) is 0 Å². The number of benzene rings is 1. The molecule has 17 heavy (non-hydrogen) atoms. The molecule has 0 saturated carbocycles. The first-order chi connectivity index (χ1) is 7.86. The van der Waals surface area contributed by atoms with Crippen LogP contribution in [-0.4, -0.2) is 19.1 Å². The van der Waals surface area contributed by atoms with E-state index < -0.39 is 0 Å². The molecule has 0 aliphatic heterocycles. The van der Waals surface area contributed by atoms with Gasteiger partial charge in [-0.05, 0) is 43.9 Å². The van der Waals surface area contributed by atoms with Crippen LogP contribution in [0.1, 0.15) is 33.3 Å². The molecule has 0 radical (unpaired) electrons. The summed E-state index contributed by atoms with van der Waals surface area (Å²) in [6.45, 7) is 12.9. The predicted molar refractivity (Wildman–Crippen MR) is 76.5 cm³/mol. The summed E-state index contributed by atoms with van der Waals surface area (Å²) in [5, 5.41) is 0. The summed E-state index contributed by atoms with van der Waals surface area (Å²) in [5.41, 5.74) is 8.78. The minimum atomic E-state index is 0.125. The van der Waals surface area contributed by atoms with Crippen molar-refractivity contribution in [2.45, 2.75) is 40.7 Å². The molecule has 96 valence electrons. The lowest BCUT2D eigenvalue weighted by atomic mass is 9.85. The van der Waals surface area contributed by atoms with E-state index >= 15 is 0 Å². The molecule has 2 nitrogen and oxygen atoms in total. The third-order valence-electron chi connectivity index (χ3n) is 3.58. The highest BCUT2D eigenvalue weighted by molar-refractivity contribution is 5.48. The summed E-state index contributed by atoms with van der Waals surface area (Å²) in [6, 6.07) is 8.86. The van der Waals surface area contributed by atoms with Gasteiger partial charge in [0, 0.05) is 24.8 Å². The average molecular weight is 234 g/mol. The first kappa shape index (κ1) is 14.0. The smallest absolute Gasteiger partial charge is 0.0368 e. The summed E-state index contributed by atoms with van der Waals surface area (Å²) in [6.07, 6.45) is 0. The Bertz CT molecular complexity index is 356. The van der Waals surface area contributed by atoms with Gasteiger partial charge in [0.2, 0.25) is 0 Å². The summed E-state index contributed by atoms with van der Waals surface area (Å²) >= 11 is 0. The number of rotatable bonds is 5. The van der Waals surface area contributed by atoms with Crippen molar-refractivity contribution < 1.29 is 0 Å². The second-order valence-electron chi connectivity index (χ2n) is 5.63. The van der Waals surface area contributed by atoms with Gasteiger partial charge in [-0.2, -0.15) is 0 Å². The number of aryl methyl sites for hydroxylation is 1. The molecule has 0 bridgehead atoms. The van der Waals surface area contributed by atoms with Gasteiger partial charge in [0.1, 0.15) is 0 Å². The minimum Gasteiger partial charge on any atom is -0.371 e. The van der Waals surface area contributed by atoms with Crippen LogP contribution < -0.4 is 10.6 Å². The van der Waals surface area contributed by atoms with Gasteiger partial charge < -0.3 is 10.6 Å². The van der Waals surface area contributed by atoms with Crippen LogP contribution in [0.5, 0.6) is 0 Å². The molecule has 0 aromatic heterocycles. The van der Waals surface area contributed by atoms with Gasteiger partial charge in [0.15, 0.2) is 0 Å². The predicted octanol–water partition coefficient (Wildman–Crippen LogP) is 3.19. The van der Waals surface area contributed by atoms with Crippen molar-refractivity contribution in [1.29, 1.82) is 0 Å². The van der Waals surface area contributed by atoms with Crippen LogP contribution in [0.15, 0.2) is 24.3 Å². The largest absolute Gasteiger partial charge is 0.371 e. The Morgan fingerprint density at radius 3 is 2.47 bits per heavy atom. The summed E-state index contributed by atoms with van der Waals surface area (Å²) in [4.78, 5) is 2.40. The molecule has 0 heterocycles. The first-order valence-electron chi connectivity index (χ1n) is 6.44. The van der Waals surface area contributed by atoms with Gasteiger partial charge in [-0.1, -0.05) is 26.0 Å². The Hall–Kier alpha value is -1.02. The van der Waals surface area contributed by atoms with E-state index in [1.807, 2.05) is 0 Å². The molecular formula is C15H26N2. The van der Waals surface area contributed by atoms with Crippen molar-refractivity contribution in [2.75, 3.05) is 18.0 Å². The zero-order valence-corrected chi connectivity index (χ0v) is 11.8. The molecule has 0 amide bonds. The summed E-state index contributed by atoms with van der Waals surface area (Å²) in [5.74, 6) is 0. The fraction of sp³-hybridized carbons (Fsp3) is 0.600. The SMILES string of the molecule is CCN(CC(C)(C)C(C)N)c1cccc(C)c1. The molecule has 0 spiro atoms. The van der Waals surface area contributed by atoms with Crippen molar-refractivity contribution >= 4 is 5.69 Å². The number of anilines is 1. The maximum atomic E-state index is 6.05. The van der Waals surface area contributed by atoms with E-state index in [-0.39, 0.29) is 11.5 Å². The van der Waals surface area contributed by atoms with E-state index in [4.69, 9.17) is 5.73 Å². The Kier molecular flexibility index (Phi) is 4.58. The van der Waals surface area contributed by atoms with Gasteiger partial charge in [-0.3, -0.25) is 0 Å². The number of hydrogen-bond donors (Lipinski definition) is 1. The highest BCUT2D eigenvalue weighted by atomic mass is 15.1. The highest BCUT2D eigenvalue weighted by Gasteiger charge is 2.25. The molecular weight excluding hydrogens is 208 g/mol. The van der Waals surface area contributed by atoms with Gasteiger partial charge in [0.25, 0.3) is 0 Å². The van der Waals surface area contributed by atoms with E-state index in [1.54, 1.807) is 0 Å². The second-order valence-corrected chi connectivity index (χ2v) is 5.63. The molecule has 0 aliphatic rings. The second kappa shape index (κ2) is 5.54. The maximum Gasteiger partial charge on any atom is 0.0368 e. The fourth-order valence-corrected chi connectivity index (χ4v) is 1.85. The Morgan fingerprint density at radius 2 is 2.00 bits per heavy atom. The van der Waals surface area contributed by atoms with E-state index in [0.29, 0.717) is 0 Å². The average Bonchev–Trinajstić information content (AvgIpc) is 2.25. The van der Waals surface area contributed by atoms with Gasteiger partial charge >= 0.3 is 0 Å². The van der Waals surface area contributed by atoms with Crippen LogP contribution in [0.2, 0.25) is 0 Å². The molecule has 1 aromatic carbocycles. The standard InChI is InChI=1S/C15H26N2/c1-6-17(11-15(4,5)13(3)16)14-9-7-8-12(2)10-14/h7-10,13H,6,11,16H2,1-5H3. The Labute approximate surface area is 106 Å². The number of nitrogens with zero attached hydrogens (tertiary/aromatic N) is 1. The molecule has 1 aromatic rings. The van der Waals surface area contributed by atoms with Crippen molar-refractivity contribution in [3.63, 3.8) is 0 Å². The monoisotopic (exact) mass is 234 g/mol. The zero-order valence-electron chi connectivity index (χ0n) is 11.8. The van der Waals surface area contributed by atoms with Crippen molar-refractivity contribution in [2.24, 2.45) is 11.1 Å². The normalized spacial score (nSPS) is 13.5. The van der Waals surface area contributed by atoms with Gasteiger partial charge in [0.05, 0.1) is 0 Å². The molecule has 2 N–H and O–H groups in total. The van der Waals surface area contributed by atoms with Crippen molar-refractivity contribution in [3.8, 4) is 0 Å². The van der Waals surface area contributed by atoms with Crippen LogP contribution in [0.25, 0.3) is 0 Å². The van der Waals surface area contributed by atoms with Crippen molar-refractivity contribution in [3.05, 3.63) is 29.8 Å². The third-order valence-corrected chi connectivity index (χ3v) is 3.58. The van der Waals surface area contributed by atoms with E-state index in [0.717, 1.165) is 13.1 Å². The first-order valence-corrected chi connectivity index (χ1v) is 6.44. The van der Waals surface area contributed by atoms with Crippen molar-refractivity contribution in [1.82, 2.24) is 0 Å². The molecule has 1 unspecified atom stereocenters. The van der Waals surface area contributed by atoms with Crippen LogP contribution in [0.4, 0.5) is 5.69 Å². The fourth-order valence-electron chi connectivity index (χ4n) is 1.85. The molecule has 1 rings (SSSR count). The number of hydrogen-bond acceptors (Lipinski definition) is 2.